The predicted octanol–water partition coefficient (Wildman–Crippen LogP) is -2.34. The van der Waals surface area contributed by atoms with Crippen LogP contribution in [0, 0.1) is 11.8 Å². The Morgan fingerprint density at radius 3 is 1.66 bits per heavy atom. The molecular formula is C23H46N10O5. The lowest BCUT2D eigenvalue weighted by Gasteiger charge is -2.26. The van der Waals surface area contributed by atoms with Crippen LogP contribution >= 0.6 is 0 Å². The van der Waals surface area contributed by atoms with Gasteiger partial charge in [0.15, 0.2) is 11.9 Å². The minimum Gasteiger partial charge on any atom is -0.480 e. The lowest BCUT2D eigenvalue weighted by atomic mass is 10.0. The molecule has 0 aliphatic carbocycles. The molecule has 0 aliphatic rings. The van der Waals surface area contributed by atoms with Crippen LogP contribution < -0.4 is 44.6 Å². The van der Waals surface area contributed by atoms with Crippen molar-refractivity contribution in [2.45, 2.75) is 84.0 Å². The monoisotopic (exact) mass is 542 g/mol. The molecule has 0 saturated carbocycles. The molecule has 14 N–H and O–H groups in total. The van der Waals surface area contributed by atoms with Gasteiger partial charge in [0, 0.05) is 13.1 Å². The van der Waals surface area contributed by atoms with E-state index in [2.05, 4.69) is 25.9 Å². The maximum Gasteiger partial charge on any atom is 0.326 e. The normalized spacial score (nSPS) is 14.1. The summed E-state index contributed by atoms with van der Waals surface area (Å²) in [4.78, 5) is 58.1. The first kappa shape index (κ1) is 34.4. The first-order chi connectivity index (χ1) is 17.6. The third-order valence-electron chi connectivity index (χ3n) is 5.45. The van der Waals surface area contributed by atoms with Crippen LogP contribution in [0.15, 0.2) is 9.98 Å². The molecule has 0 radical (unpaired) electrons. The Balaban J connectivity index is 5.54. The lowest BCUT2D eigenvalue weighted by molar-refractivity contribution is -0.143. The molecule has 0 saturated heterocycles. The first-order valence-corrected chi connectivity index (χ1v) is 12.7. The van der Waals surface area contributed by atoms with E-state index in [4.69, 9.17) is 28.7 Å². The minimum absolute atomic E-state index is 0.0237. The zero-order chi connectivity index (χ0) is 29.4. The molecular weight excluding hydrogens is 496 g/mol. The summed E-state index contributed by atoms with van der Waals surface area (Å²) in [6, 6.07) is -4.10. The van der Waals surface area contributed by atoms with Crippen LogP contribution in [0.5, 0.6) is 0 Å². The van der Waals surface area contributed by atoms with Crippen molar-refractivity contribution in [3.05, 3.63) is 0 Å². The van der Waals surface area contributed by atoms with Crippen LogP contribution in [0.25, 0.3) is 0 Å². The molecule has 0 spiro atoms. The van der Waals surface area contributed by atoms with Crippen LogP contribution in [0.1, 0.15) is 59.8 Å². The fourth-order valence-electron chi connectivity index (χ4n) is 3.44. The van der Waals surface area contributed by atoms with Crippen molar-refractivity contribution in [3.8, 4) is 0 Å². The molecule has 0 aliphatic heterocycles. The van der Waals surface area contributed by atoms with Crippen molar-refractivity contribution in [2.75, 3.05) is 13.1 Å². The van der Waals surface area contributed by atoms with E-state index in [1.165, 1.54) is 0 Å². The number of guanidine groups is 2. The van der Waals surface area contributed by atoms with Crippen LogP contribution in [-0.2, 0) is 19.2 Å². The fraction of sp³-hybridized carbons (Fsp3) is 0.739. The zero-order valence-electron chi connectivity index (χ0n) is 22.8. The van der Waals surface area contributed by atoms with Crippen LogP contribution in [0.2, 0.25) is 0 Å². The Bertz CT molecular complexity index is 838. The number of rotatable bonds is 18. The van der Waals surface area contributed by atoms with Crippen LogP contribution in [0.4, 0.5) is 0 Å². The highest BCUT2D eigenvalue weighted by atomic mass is 16.4. The summed E-state index contributed by atoms with van der Waals surface area (Å²) >= 11 is 0. The van der Waals surface area contributed by atoms with Crippen molar-refractivity contribution in [1.29, 1.82) is 0 Å². The first-order valence-electron chi connectivity index (χ1n) is 12.7. The number of carbonyl (C=O) groups excluding carboxylic acids is 3. The van der Waals surface area contributed by atoms with E-state index < -0.39 is 53.8 Å². The van der Waals surface area contributed by atoms with Crippen LogP contribution in [-0.4, -0.2) is 78.0 Å². The summed E-state index contributed by atoms with van der Waals surface area (Å²) in [6.07, 6.45) is 1.50. The lowest BCUT2D eigenvalue weighted by Crippen LogP contribution is -2.57. The maximum absolute atomic E-state index is 13.2. The third kappa shape index (κ3) is 14.8. The molecule has 0 rings (SSSR count). The molecule has 15 nitrogen and oxygen atoms in total. The van der Waals surface area contributed by atoms with E-state index in [0.29, 0.717) is 25.8 Å². The molecule has 0 aromatic heterocycles. The molecule has 0 aromatic carbocycles. The van der Waals surface area contributed by atoms with Gasteiger partial charge in [-0.05, 0) is 43.9 Å². The van der Waals surface area contributed by atoms with E-state index in [9.17, 15) is 24.3 Å². The number of carboxylic acid groups (broad SMARTS) is 1. The molecule has 38 heavy (non-hydrogen) atoms. The Morgan fingerprint density at radius 2 is 1.21 bits per heavy atom. The molecule has 15 heteroatoms. The highest BCUT2D eigenvalue weighted by molar-refractivity contribution is 5.94. The number of nitrogens with two attached hydrogens (primary N) is 5. The topological polar surface area (TPSA) is 279 Å². The second kappa shape index (κ2) is 17.8. The minimum atomic E-state index is -1.20. The average Bonchev–Trinajstić information content (AvgIpc) is 2.80. The summed E-state index contributed by atoms with van der Waals surface area (Å²) in [5.41, 5.74) is 27.2. The summed E-state index contributed by atoms with van der Waals surface area (Å²) in [7, 11) is 0. The van der Waals surface area contributed by atoms with Crippen LogP contribution in [0.3, 0.4) is 0 Å². The van der Waals surface area contributed by atoms with Crippen molar-refractivity contribution in [3.63, 3.8) is 0 Å². The van der Waals surface area contributed by atoms with E-state index in [1.807, 2.05) is 13.8 Å². The van der Waals surface area contributed by atoms with Gasteiger partial charge in [-0.3, -0.25) is 24.4 Å². The van der Waals surface area contributed by atoms with E-state index >= 15 is 0 Å². The molecule has 218 valence electrons. The summed E-state index contributed by atoms with van der Waals surface area (Å²) in [5, 5.41) is 17.2. The van der Waals surface area contributed by atoms with Gasteiger partial charge in [-0.1, -0.05) is 27.7 Å². The highest BCUT2D eigenvalue weighted by Crippen LogP contribution is 2.09. The van der Waals surface area contributed by atoms with Crippen molar-refractivity contribution < 1.29 is 24.3 Å². The van der Waals surface area contributed by atoms with Gasteiger partial charge in [-0.15, -0.1) is 0 Å². The van der Waals surface area contributed by atoms with E-state index in [1.54, 1.807) is 13.8 Å². The summed E-state index contributed by atoms with van der Waals surface area (Å²) in [5.74, 6) is -3.54. The van der Waals surface area contributed by atoms with E-state index in [-0.39, 0.29) is 37.2 Å². The number of amides is 3. The van der Waals surface area contributed by atoms with Crippen molar-refractivity contribution in [1.82, 2.24) is 16.0 Å². The molecule has 4 atom stereocenters. The Morgan fingerprint density at radius 1 is 0.737 bits per heavy atom. The Kier molecular flexibility index (Phi) is 16.1. The molecule has 0 bridgehead atoms. The van der Waals surface area contributed by atoms with Gasteiger partial charge in [0.05, 0.1) is 6.04 Å². The molecule has 0 aromatic rings. The Labute approximate surface area is 223 Å². The third-order valence-corrected chi connectivity index (χ3v) is 5.45. The van der Waals surface area contributed by atoms with Crippen molar-refractivity contribution >= 4 is 35.6 Å². The number of nitrogens with zero attached hydrogens (tertiary/aromatic N) is 2. The van der Waals surface area contributed by atoms with E-state index in [0.717, 1.165) is 0 Å². The number of carboxylic acids is 1. The number of hydrogen-bond acceptors (Lipinski definition) is 7. The molecule has 0 heterocycles. The number of carbonyl (C=O) groups is 4. The average molecular weight is 543 g/mol. The number of aliphatic carboxylic acids is 1. The zero-order valence-corrected chi connectivity index (χ0v) is 22.8. The molecule has 0 fully saturated rings. The second-order valence-electron chi connectivity index (χ2n) is 9.82. The fourth-order valence-corrected chi connectivity index (χ4v) is 3.44. The predicted molar refractivity (Wildman–Crippen MR) is 146 cm³/mol. The summed E-state index contributed by atoms with van der Waals surface area (Å²) < 4.78 is 0. The largest absolute Gasteiger partial charge is 0.480 e. The van der Waals surface area contributed by atoms with Gasteiger partial charge in [0.1, 0.15) is 18.1 Å². The molecule has 3 amide bonds. The van der Waals surface area contributed by atoms with Gasteiger partial charge in [-0.2, -0.15) is 0 Å². The Hall–Kier alpha value is -3.62. The number of hydrogen-bond donors (Lipinski definition) is 9. The van der Waals surface area contributed by atoms with Gasteiger partial charge in [0.2, 0.25) is 17.7 Å². The van der Waals surface area contributed by atoms with Gasteiger partial charge >= 0.3 is 5.97 Å². The highest BCUT2D eigenvalue weighted by Gasteiger charge is 2.31. The maximum atomic E-state index is 13.2. The van der Waals surface area contributed by atoms with Gasteiger partial charge in [0.25, 0.3) is 0 Å². The SMILES string of the molecule is CC(C)CC(NC(=O)C(N)CCCN=C(N)N)C(=O)NC(CCCN=C(N)N)C(=O)NC(C(=O)O)C(C)C. The molecule has 4 unspecified atom stereocenters. The van der Waals surface area contributed by atoms with Gasteiger partial charge < -0.3 is 49.7 Å². The second-order valence-corrected chi connectivity index (χ2v) is 9.82. The number of nitrogens with one attached hydrogen (secondary N) is 3. The summed E-state index contributed by atoms with van der Waals surface area (Å²) in [6.45, 7) is 7.57. The quantitative estimate of drug-likeness (QED) is 0.0505. The number of aliphatic imine (C=N–C) groups is 2. The standard InChI is InChI=1S/C23H46N10O5/c1-12(2)11-16(32-18(34)14(24)7-5-9-29-22(25)26)20(36)31-15(8-6-10-30-23(27)28)19(35)33-17(13(3)4)21(37)38/h12-17H,5-11,24H2,1-4H3,(H,31,36)(H,32,34)(H,33,35)(H,37,38)(H4,25,26,29)(H4,27,28,30). The van der Waals surface area contributed by atoms with Gasteiger partial charge in [-0.25, -0.2) is 4.79 Å². The smallest absolute Gasteiger partial charge is 0.326 e. The van der Waals surface area contributed by atoms with Crippen molar-refractivity contribution in [2.24, 2.45) is 50.5 Å².